The molecule has 0 radical (unpaired) electrons. The smallest absolute Gasteiger partial charge is 0.243 e. The quantitative estimate of drug-likeness (QED) is 0.733. The Bertz CT molecular complexity index is 778. The Morgan fingerprint density at radius 3 is 2.64 bits per heavy atom. The number of nitrogens with one attached hydrogen (secondary N) is 1. The van der Waals surface area contributed by atoms with Crippen LogP contribution >= 0.6 is 23.2 Å². The van der Waals surface area contributed by atoms with Gasteiger partial charge in [0.1, 0.15) is 6.04 Å². The van der Waals surface area contributed by atoms with Crippen LogP contribution in [0.25, 0.3) is 0 Å². The van der Waals surface area contributed by atoms with Crippen LogP contribution in [0.3, 0.4) is 0 Å². The Hall–Kier alpha value is -1.24. The molecule has 1 aliphatic carbocycles. The molecule has 1 atom stereocenters. The number of carbonyl (C=O) groups is 1. The van der Waals surface area contributed by atoms with Crippen molar-refractivity contribution in [3.8, 4) is 0 Å². The molecule has 1 N–H and O–H groups in total. The normalized spacial score (nSPS) is 16.1. The fourth-order valence-corrected chi connectivity index (χ4v) is 4.45. The van der Waals surface area contributed by atoms with Crippen LogP contribution in [0.5, 0.6) is 0 Å². The lowest BCUT2D eigenvalue weighted by atomic mass is 10.00. The van der Waals surface area contributed by atoms with Crippen molar-refractivity contribution >= 4 is 44.8 Å². The van der Waals surface area contributed by atoms with E-state index in [0.717, 1.165) is 29.8 Å². The molecule has 25 heavy (non-hydrogen) atoms. The third-order valence-corrected chi connectivity index (χ3v) is 5.89. The van der Waals surface area contributed by atoms with Gasteiger partial charge in [0.15, 0.2) is 0 Å². The van der Waals surface area contributed by atoms with Crippen molar-refractivity contribution in [2.24, 2.45) is 0 Å². The number of allylic oxidation sites excluding steroid dienone is 1. The summed E-state index contributed by atoms with van der Waals surface area (Å²) in [5.74, 6) is -0.382. The Morgan fingerprint density at radius 1 is 1.32 bits per heavy atom. The first-order chi connectivity index (χ1) is 11.7. The average Bonchev–Trinajstić information content (AvgIpc) is 2.55. The molecule has 2 rings (SSSR count). The van der Waals surface area contributed by atoms with Gasteiger partial charge in [-0.2, -0.15) is 0 Å². The fourth-order valence-electron chi connectivity index (χ4n) is 2.85. The van der Waals surface area contributed by atoms with Gasteiger partial charge >= 0.3 is 0 Å². The second-order valence-corrected chi connectivity index (χ2v) is 8.86. The molecule has 1 aromatic carbocycles. The third kappa shape index (κ3) is 5.36. The minimum Gasteiger partial charge on any atom is -0.351 e. The van der Waals surface area contributed by atoms with E-state index in [1.54, 1.807) is 6.07 Å². The number of hydrogen-bond donors (Lipinski definition) is 1. The molecular formula is C17H22Cl2N2O3S. The topological polar surface area (TPSA) is 66.5 Å². The number of benzene rings is 1. The number of anilines is 1. The van der Waals surface area contributed by atoms with Gasteiger partial charge in [0, 0.05) is 11.6 Å². The molecule has 1 aromatic rings. The highest BCUT2D eigenvalue weighted by Crippen LogP contribution is 2.32. The van der Waals surface area contributed by atoms with Gasteiger partial charge in [-0.3, -0.25) is 9.10 Å². The van der Waals surface area contributed by atoms with Crippen molar-refractivity contribution in [3.05, 3.63) is 39.9 Å². The van der Waals surface area contributed by atoms with E-state index in [2.05, 4.69) is 11.4 Å². The van der Waals surface area contributed by atoms with Crippen LogP contribution in [0.2, 0.25) is 10.0 Å². The minimum atomic E-state index is -3.73. The summed E-state index contributed by atoms with van der Waals surface area (Å²) >= 11 is 12.1. The highest BCUT2D eigenvalue weighted by atomic mass is 35.5. The second kappa shape index (κ2) is 8.43. The van der Waals surface area contributed by atoms with Crippen LogP contribution in [0, 0.1) is 0 Å². The van der Waals surface area contributed by atoms with Crippen molar-refractivity contribution in [3.63, 3.8) is 0 Å². The number of carbonyl (C=O) groups excluding carboxylic acids is 1. The van der Waals surface area contributed by atoms with Crippen LogP contribution in [-0.4, -0.2) is 33.2 Å². The zero-order valence-electron chi connectivity index (χ0n) is 14.3. The lowest BCUT2D eigenvalue weighted by molar-refractivity contribution is -0.121. The fraction of sp³-hybridized carbons (Fsp3) is 0.471. The van der Waals surface area contributed by atoms with E-state index in [1.165, 1.54) is 31.1 Å². The number of nitrogens with zero attached hydrogens (tertiary/aromatic N) is 1. The molecule has 0 spiro atoms. The summed E-state index contributed by atoms with van der Waals surface area (Å²) in [6.45, 7) is 1.97. The highest BCUT2D eigenvalue weighted by molar-refractivity contribution is 7.92. The van der Waals surface area contributed by atoms with Crippen molar-refractivity contribution in [1.29, 1.82) is 0 Å². The van der Waals surface area contributed by atoms with E-state index in [4.69, 9.17) is 23.2 Å². The Kier molecular flexibility index (Phi) is 6.77. The van der Waals surface area contributed by atoms with Gasteiger partial charge in [0.2, 0.25) is 15.9 Å². The Balaban J connectivity index is 2.21. The number of hydrogen-bond acceptors (Lipinski definition) is 3. The van der Waals surface area contributed by atoms with Gasteiger partial charge in [0.25, 0.3) is 0 Å². The van der Waals surface area contributed by atoms with Crippen molar-refractivity contribution in [2.75, 3.05) is 17.1 Å². The molecule has 0 aromatic heterocycles. The van der Waals surface area contributed by atoms with Gasteiger partial charge in [-0.15, -0.1) is 0 Å². The molecule has 0 fully saturated rings. The lowest BCUT2D eigenvalue weighted by Gasteiger charge is -2.29. The van der Waals surface area contributed by atoms with Crippen LogP contribution in [-0.2, 0) is 14.8 Å². The molecule has 138 valence electrons. The maximum atomic E-state index is 12.5. The summed E-state index contributed by atoms with van der Waals surface area (Å²) in [6.07, 6.45) is 7.45. The van der Waals surface area contributed by atoms with Gasteiger partial charge in [0.05, 0.1) is 17.0 Å². The zero-order valence-corrected chi connectivity index (χ0v) is 16.6. The van der Waals surface area contributed by atoms with Gasteiger partial charge in [-0.1, -0.05) is 34.9 Å². The molecule has 0 unspecified atom stereocenters. The number of amides is 1. The molecule has 0 heterocycles. The average molecular weight is 405 g/mol. The van der Waals surface area contributed by atoms with Gasteiger partial charge < -0.3 is 5.32 Å². The van der Waals surface area contributed by atoms with Crippen molar-refractivity contribution < 1.29 is 13.2 Å². The molecule has 8 heteroatoms. The molecular weight excluding hydrogens is 383 g/mol. The summed E-state index contributed by atoms with van der Waals surface area (Å²) in [6, 6.07) is 3.57. The van der Waals surface area contributed by atoms with Gasteiger partial charge in [-0.25, -0.2) is 8.42 Å². The van der Waals surface area contributed by atoms with Crippen LogP contribution < -0.4 is 9.62 Å². The molecule has 0 saturated heterocycles. The van der Waals surface area contributed by atoms with E-state index in [9.17, 15) is 13.2 Å². The van der Waals surface area contributed by atoms with Crippen molar-refractivity contribution in [2.45, 2.75) is 38.6 Å². The maximum Gasteiger partial charge on any atom is 0.243 e. The Morgan fingerprint density at radius 2 is 2.04 bits per heavy atom. The third-order valence-electron chi connectivity index (χ3n) is 4.11. The van der Waals surface area contributed by atoms with Crippen LogP contribution in [0.1, 0.15) is 32.6 Å². The molecule has 0 bridgehead atoms. The first-order valence-corrected chi connectivity index (χ1v) is 10.7. The first kappa shape index (κ1) is 20.1. The summed E-state index contributed by atoms with van der Waals surface area (Å²) in [5.41, 5.74) is 1.37. The molecule has 1 amide bonds. The second-order valence-electron chi connectivity index (χ2n) is 6.16. The number of sulfonamides is 1. The molecule has 0 aliphatic heterocycles. The van der Waals surface area contributed by atoms with E-state index < -0.39 is 16.1 Å². The van der Waals surface area contributed by atoms with E-state index in [1.807, 2.05) is 0 Å². The Labute approximate surface area is 159 Å². The number of rotatable bonds is 6. The summed E-state index contributed by atoms with van der Waals surface area (Å²) in [4.78, 5) is 12.5. The standard InChI is InChI=1S/C17H22Cl2N2O3S/c1-12(17(22)20-11-13-6-4-3-5-7-13)21(25(2,23)24)16-10-14(18)8-9-15(16)19/h6,8-10,12H,3-5,7,11H2,1-2H3,(H,20,22)/t12-/m1/s1. The lowest BCUT2D eigenvalue weighted by Crippen LogP contribution is -2.48. The minimum absolute atomic E-state index is 0.191. The van der Waals surface area contributed by atoms with E-state index in [-0.39, 0.29) is 16.6 Å². The summed E-state index contributed by atoms with van der Waals surface area (Å²) in [7, 11) is -3.73. The van der Waals surface area contributed by atoms with Gasteiger partial charge in [-0.05, 0) is 50.8 Å². The predicted molar refractivity (Wildman–Crippen MR) is 103 cm³/mol. The summed E-state index contributed by atoms with van der Waals surface area (Å²) < 4.78 is 25.6. The summed E-state index contributed by atoms with van der Waals surface area (Å²) in [5, 5.41) is 3.37. The molecule has 0 saturated carbocycles. The van der Waals surface area contributed by atoms with E-state index >= 15 is 0 Å². The SMILES string of the molecule is C[C@H](C(=O)NCC1=CCCCC1)N(c1cc(Cl)ccc1Cl)S(C)(=O)=O. The first-order valence-electron chi connectivity index (χ1n) is 8.10. The van der Waals surface area contributed by atoms with Crippen molar-refractivity contribution in [1.82, 2.24) is 5.32 Å². The monoisotopic (exact) mass is 404 g/mol. The zero-order chi connectivity index (χ0) is 18.6. The highest BCUT2D eigenvalue weighted by Gasteiger charge is 2.30. The largest absolute Gasteiger partial charge is 0.351 e. The maximum absolute atomic E-state index is 12.5. The molecule has 1 aliphatic rings. The van der Waals surface area contributed by atoms with E-state index in [0.29, 0.717) is 11.6 Å². The molecule has 5 nitrogen and oxygen atoms in total. The van der Waals surface area contributed by atoms with Crippen LogP contribution in [0.4, 0.5) is 5.69 Å². The predicted octanol–water partition coefficient (Wildman–Crippen LogP) is 3.76. The number of halogens is 2. The van der Waals surface area contributed by atoms with Crippen LogP contribution in [0.15, 0.2) is 29.8 Å².